The molecule has 0 heterocycles. The minimum absolute atomic E-state index is 0.0605. The highest BCUT2D eigenvalue weighted by atomic mass is 79.9. The number of hydrogen-bond acceptors (Lipinski definition) is 5. The average Bonchev–Trinajstić information content (AvgIpc) is 2.70. The number of methoxy groups -OCH3 is 1. The van der Waals surface area contributed by atoms with Crippen LogP contribution in [0.4, 0.5) is 0 Å². The van der Waals surface area contributed by atoms with Gasteiger partial charge in [0.05, 0.1) is 24.8 Å². The molecule has 2 rings (SSSR count). The number of hydrazine groups is 1. The van der Waals surface area contributed by atoms with E-state index in [0.29, 0.717) is 29.2 Å². The van der Waals surface area contributed by atoms with Crippen molar-refractivity contribution in [2.45, 2.75) is 13.3 Å². The number of thiocarbonyl (C=S) groups is 1. The fourth-order valence-electron chi connectivity index (χ4n) is 2.23. The van der Waals surface area contributed by atoms with Crippen LogP contribution in [0.3, 0.4) is 0 Å². The second kappa shape index (κ2) is 10.6. The summed E-state index contributed by atoms with van der Waals surface area (Å²) in [5.41, 5.74) is 5.58. The van der Waals surface area contributed by atoms with Gasteiger partial charge in [-0.25, -0.2) is 0 Å². The molecule has 3 N–H and O–H groups in total. The number of benzene rings is 2. The van der Waals surface area contributed by atoms with Crippen LogP contribution in [-0.4, -0.2) is 30.6 Å². The maximum absolute atomic E-state index is 12.5. The third-order valence-corrected chi connectivity index (χ3v) is 4.21. The fraction of sp³-hybridized carbons (Fsp3) is 0.211. The molecule has 2 aromatic rings. The molecule has 0 aliphatic rings. The molecule has 0 spiro atoms. The van der Waals surface area contributed by atoms with Crippen molar-refractivity contribution in [2.24, 2.45) is 0 Å². The van der Waals surface area contributed by atoms with Crippen molar-refractivity contribution < 1.29 is 19.1 Å². The predicted octanol–water partition coefficient (Wildman–Crippen LogP) is 3.20. The summed E-state index contributed by atoms with van der Waals surface area (Å²) in [4.78, 5) is 24.8. The first-order chi connectivity index (χ1) is 13.5. The van der Waals surface area contributed by atoms with Gasteiger partial charge in [-0.05, 0) is 49.0 Å². The molecule has 0 aliphatic heterocycles. The highest BCUT2D eigenvalue weighted by Crippen LogP contribution is 2.23. The number of amides is 2. The lowest BCUT2D eigenvalue weighted by molar-refractivity contribution is 0.0931. The van der Waals surface area contributed by atoms with E-state index in [1.165, 1.54) is 7.11 Å². The maximum atomic E-state index is 12.5. The van der Waals surface area contributed by atoms with Crippen LogP contribution in [0.15, 0.2) is 46.9 Å². The average molecular weight is 466 g/mol. The van der Waals surface area contributed by atoms with Gasteiger partial charge in [0, 0.05) is 4.47 Å². The molecule has 0 atom stereocenters. The number of carbonyl (C=O) groups is 2. The van der Waals surface area contributed by atoms with Gasteiger partial charge in [-0.2, -0.15) is 0 Å². The first-order valence-electron chi connectivity index (χ1n) is 8.43. The molecule has 9 heteroatoms. The summed E-state index contributed by atoms with van der Waals surface area (Å²) >= 11 is 8.42. The Balaban J connectivity index is 1.98. The topological polar surface area (TPSA) is 88.7 Å². The SMILES string of the molecule is CCCOc1ccc(Br)cc1C(=O)NC(=S)NNC(=O)c1ccccc1OC. The Kier molecular flexibility index (Phi) is 8.21. The van der Waals surface area contributed by atoms with Gasteiger partial charge in [0.1, 0.15) is 11.5 Å². The molecule has 28 heavy (non-hydrogen) atoms. The van der Waals surface area contributed by atoms with Crippen molar-refractivity contribution in [3.63, 3.8) is 0 Å². The Bertz CT molecular complexity index is 876. The van der Waals surface area contributed by atoms with E-state index in [4.69, 9.17) is 21.7 Å². The highest BCUT2D eigenvalue weighted by molar-refractivity contribution is 9.10. The number of nitrogens with one attached hydrogen (secondary N) is 3. The van der Waals surface area contributed by atoms with Crippen LogP contribution < -0.4 is 25.6 Å². The zero-order chi connectivity index (χ0) is 20.5. The first-order valence-corrected chi connectivity index (χ1v) is 9.63. The minimum Gasteiger partial charge on any atom is -0.496 e. The van der Waals surface area contributed by atoms with E-state index >= 15 is 0 Å². The summed E-state index contributed by atoms with van der Waals surface area (Å²) < 4.78 is 11.5. The second-order valence-corrected chi connectivity index (χ2v) is 6.88. The molecule has 0 radical (unpaired) electrons. The van der Waals surface area contributed by atoms with Crippen LogP contribution in [0, 0.1) is 0 Å². The highest BCUT2D eigenvalue weighted by Gasteiger charge is 2.16. The monoisotopic (exact) mass is 465 g/mol. The Morgan fingerprint density at radius 2 is 1.79 bits per heavy atom. The number of carbonyl (C=O) groups excluding carboxylic acids is 2. The van der Waals surface area contributed by atoms with Gasteiger partial charge < -0.3 is 9.47 Å². The third kappa shape index (κ3) is 5.93. The van der Waals surface area contributed by atoms with E-state index < -0.39 is 11.8 Å². The second-order valence-electron chi connectivity index (χ2n) is 5.55. The summed E-state index contributed by atoms with van der Waals surface area (Å²) in [5.74, 6) is -0.0491. The van der Waals surface area contributed by atoms with E-state index in [9.17, 15) is 9.59 Å². The molecule has 0 saturated carbocycles. The molecule has 0 fully saturated rings. The minimum atomic E-state index is -0.462. The van der Waals surface area contributed by atoms with Crippen molar-refractivity contribution in [2.75, 3.05) is 13.7 Å². The molecule has 0 aliphatic carbocycles. The van der Waals surface area contributed by atoms with Gasteiger partial charge >= 0.3 is 0 Å². The zero-order valence-corrected chi connectivity index (χ0v) is 17.8. The molecule has 0 bridgehead atoms. The van der Waals surface area contributed by atoms with Gasteiger partial charge in [-0.1, -0.05) is 35.0 Å². The van der Waals surface area contributed by atoms with Crippen molar-refractivity contribution in [3.05, 3.63) is 58.1 Å². The number of para-hydroxylation sites is 1. The largest absolute Gasteiger partial charge is 0.496 e. The van der Waals surface area contributed by atoms with E-state index in [-0.39, 0.29) is 5.11 Å². The molecule has 2 amide bonds. The van der Waals surface area contributed by atoms with Gasteiger partial charge in [0.2, 0.25) is 0 Å². The Labute approximate surface area is 176 Å². The molecule has 0 unspecified atom stereocenters. The summed E-state index contributed by atoms with van der Waals surface area (Å²) in [6.07, 6.45) is 0.812. The molecule has 0 saturated heterocycles. The first kappa shape index (κ1) is 21.6. The third-order valence-electron chi connectivity index (χ3n) is 3.52. The van der Waals surface area contributed by atoms with Crippen LogP contribution in [0.1, 0.15) is 34.1 Å². The standard InChI is InChI=1S/C19H20BrN3O4S/c1-3-10-27-16-9-8-12(20)11-14(16)17(24)21-19(28)23-22-18(25)13-6-4-5-7-15(13)26-2/h4-9,11H,3,10H2,1-2H3,(H,22,25)(H2,21,23,24,28). The van der Waals surface area contributed by atoms with Crippen molar-refractivity contribution >= 4 is 45.1 Å². The normalized spacial score (nSPS) is 9.96. The van der Waals surface area contributed by atoms with Crippen LogP contribution in [0.2, 0.25) is 0 Å². The lowest BCUT2D eigenvalue weighted by atomic mass is 10.2. The van der Waals surface area contributed by atoms with Crippen molar-refractivity contribution in [1.29, 1.82) is 0 Å². The Morgan fingerprint density at radius 1 is 1.04 bits per heavy atom. The van der Waals surface area contributed by atoms with Gasteiger partial charge in [-0.15, -0.1) is 0 Å². The fourth-order valence-corrected chi connectivity index (χ4v) is 2.74. The Morgan fingerprint density at radius 3 is 2.50 bits per heavy atom. The maximum Gasteiger partial charge on any atom is 0.273 e. The molecule has 0 aromatic heterocycles. The number of halogens is 1. The number of ether oxygens (including phenoxy) is 2. The number of hydrogen-bond donors (Lipinski definition) is 3. The van der Waals surface area contributed by atoms with Crippen LogP contribution in [0.25, 0.3) is 0 Å². The summed E-state index contributed by atoms with van der Waals surface area (Å²) in [6.45, 7) is 2.46. The van der Waals surface area contributed by atoms with Crippen molar-refractivity contribution in [1.82, 2.24) is 16.2 Å². The smallest absolute Gasteiger partial charge is 0.273 e. The summed E-state index contributed by atoms with van der Waals surface area (Å²) in [7, 11) is 1.47. The zero-order valence-electron chi connectivity index (χ0n) is 15.4. The van der Waals surface area contributed by atoms with Gasteiger partial charge in [0.25, 0.3) is 11.8 Å². The van der Waals surface area contributed by atoms with Crippen LogP contribution in [-0.2, 0) is 0 Å². The quantitative estimate of drug-likeness (QED) is 0.448. The molecule has 148 valence electrons. The lowest BCUT2D eigenvalue weighted by Crippen LogP contribution is -2.48. The van der Waals surface area contributed by atoms with E-state index in [1.807, 2.05) is 6.92 Å². The molecule has 2 aromatic carbocycles. The predicted molar refractivity (Wildman–Crippen MR) is 114 cm³/mol. The van der Waals surface area contributed by atoms with E-state index in [1.54, 1.807) is 42.5 Å². The molecule has 7 nitrogen and oxygen atoms in total. The van der Waals surface area contributed by atoms with E-state index in [0.717, 1.165) is 10.9 Å². The molecular weight excluding hydrogens is 446 g/mol. The molecular formula is C19H20BrN3O4S. The lowest BCUT2D eigenvalue weighted by Gasteiger charge is -2.14. The van der Waals surface area contributed by atoms with Crippen LogP contribution in [0.5, 0.6) is 11.5 Å². The summed E-state index contributed by atoms with van der Waals surface area (Å²) in [5, 5.41) is 2.45. The van der Waals surface area contributed by atoms with Crippen LogP contribution >= 0.6 is 28.1 Å². The van der Waals surface area contributed by atoms with Gasteiger partial charge in [-0.3, -0.25) is 25.8 Å². The van der Waals surface area contributed by atoms with Crippen molar-refractivity contribution in [3.8, 4) is 11.5 Å². The summed E-state index contributed by atoms with van der Waals surface area (Å²) in [6, 6.07) is 11.9. The van der Waals surface area contributed by atoms with Gasteiger partial charge in [0.15, 0.2) is 5.11 Å². The van der Waals surface area contributed by atoms with E-state index in [2.05, 4.69) is 32.1 Å². The Hall–Kier alpha value is -2.65. The number of rotatable bonds is 6.